The first kappa shape index (κ1) is 27.7. The number of Topliss-reactive ketones (excluding diaryl/α,β-unsaturated/α-hetero) is 1. The van der Waals surface area contributed by atoms with Gasteiger partial charge < -0.3 is 10.1 Å². The van der Waals surface area contributed by atoms with Gasteiger partial charge in [-0.15, -0.1) is 0 Å². The van der Waals surface area contributed by atoms with Crippen molar-refractivity contribution in [3.05, 3.63) is 93.7 Å². The zero-order valence-corrected chi connectivity index (χ0v) is 22.7. The maximum absolute atomic E-state index is 13.8. The van der Waals surface area contributed by atoms with E-state index >= 15 is 0 Å². The standard InChI is InChI=1S/C28H23Cl2N5O4/c1-15-19(30)10-7-13-20(15)33-27(37)26(36)23(24-16(2)31-21-11-4-5-12-22(21)32-24)25(28(38)39-3)35-34-18-9-6-8-17(29)14-18/h4-14,23,34H,1-3H3,(H,33,37)/b35-25+. The Labute approximate surface area is 234 Å². The van der Waals surface area contributed by atoms with Crippen molar-refractivity contribution in [3.63, 3.8) is 0 Å². The van der Waals surface area contributed by atoms with Crippen molar-refractivity contribution in [1.29, 1.82) is 0 Å². The van der Waals surface area contributed by atoms with Gasteiger partial charge in [0, 0.05) is 15.7 Å². The van der Waals surface area contributed by atoms with Gasteiger partial charge in [-0.25, -0.2) is 14.8 Å². The Bertz CT molecular complexity index is 1620. The monoisotopic (exact) mass is 563 g/mol. The number of methoxy groups -OCH3 is 1. The number of amides is 1. The van der Waals surface area contributed by atoms with Crippen LogP contribution in [0.2, 0.25) is 10.0 Å². The summed E-state index contributed by atoms with van der Waals surface area (Å²) >= 11 is 12.2. The maximum Gasteiger partial charge on any atom is 0.355 e. The van der Waals surface area contributed by atoms with Crippen LogP contribution in [0, 0.1) is 13.8 Å². The molecule has 0 spiro atoms. The van der Waals surface area contributed by atoms with Crippen LogP contribution in [0.25, 0.3) is 11.0 Å². The Morgan fingerprint density at radius 2 is 1.62 bits per heavy atom. The topological polar surface area (TPSA) is 123 Å². The number of anilines is 2. The predicted octanol–water partition coefficient (Wildman–Crippen LogP) is 5.49. The number of carbonyl (C=O) groups is 3. The number of aryl methyl sites for hydroxylation is 1. The van der Waals surface area contributed by atoms with Crippen LogP contribution in [0.1, 0.15) is 22.9 Å². The van der Waals surface area contributed by atoms with Crippen molar-refractivity contribution in [2.45, 2.75) is 19.8 Å². The molecule has 0 saturated heterocycles. The molecule has 39 heavy (non-hydrogen) atoms. The van der Waals surface area contributed by atoms with Gasteiger partial charge in [-0.1, -0.05) is 47.5 Å². The number of ether oxygens (including phenoxy) is 1. The minimum atomic E-state index is -1.55. The van der Waals surface area contributed by atoms with Crippen LogP contribution < -0.4 is 10.7 Å². The molecule has 2 N–H and O–H groups in total. The molecule has 0 aliphatic heterocycles. The summed E-state index contributed by atoms with van der Waals surface area (Å²) < 4.78 is 4.95. The first-order valence-corrected chi connectivity index (χ1v) is 12.5. The molecule has 0 bridgehead atoms. The highest BCUT2D eigenvalue weighted by molar-refractivity contribution is 6.53. The van der Waals surface area contributed by atoms with Crippen LogP contribution in [-0.2, 0) is 19.1 Å². The predicted molar refractivity (Wildman–Crippen MR) is 151 cm³/mol. The van der Waals surface area contributed by atoms with E-state index in [1.807, 2.05) is 0 Å². The van der Waals surface area contributed by atoms with E-state index in [0.717, 1.165) is 7.11 Å². The zero-order chi connectivity index (χ0) is 28.1. The molecular formula is C28H23Cl2N5O4. The van der Waals surface area contributed by atoms with Crippen LogP contribution in [0.5, 0.6) is 0 Å². The van der Waals surface area contributed by atoms with E-state index < -0.39 is 29.3 Å². The molecule has 4 aromatic rings. The number of halogens is 2. The number of fused-ring (bicyclic) bond motifs is 1. The number of para-hydroxylation sites is 2. The molecule has 4 rings (SSSR count). The van der Waals surface area contributed by atoms with Crippen LogP contribution >= 0.6 is 23.2 Å². The third-order valence-corrected chi connectivity index (χ3v) is 6.50. The summed E-state index contributed by atoms with van der Waals surface area (Å²) in [6.07, 6.45) is 0. The number of hydrogen-bond donors (Lipinski definition) is 2. The summed E-state index contributed by atoms with van der Waals surface area (Å²) in [7, 11) is 1.15. The van der Waals surface area contributed by atoms with Gasteiger partial charge in [0.1, 0.15) is 5.92 Å². The van der Waals surface area contributed by atoms with E-state index in [1.54, 1.807) is 80.6 Å². The summed E-state index contributed by atoms with van der Waals surface area (Å²) in [4.78, 5) is 49.3. The van der Waals surface area contributed by atoms with E-state index in [9.17, 15) is 14.4 Å². The molecule has 0 saturated carbocycles. The number of hydrazone groups is 1. The molecule has 1 atom stereocenters. The molecule has 1 unspecified atom stereocenters. The summed E-state index contributed by atoms with van der Waals surface area (Å²) in [5.41, 5.74) is 5.14. The lowest BCUT2D eigenvalue weighted by molar-refractivity contribution is -0.136. The lowest BCUT2D eigenvalue weighted by Crippen LogP contribution is -2.38. The molecule has 1 heterocycles. The summed E-state index contributed by atoms with van der Waals surface area (Å²) in [5.74, 6) is -4.50. The third-order valence-electron chi connectivity index (χ3n) is 5.85. The fourth-order valence-electron chi connectivity index (χ4n) is 3.83. The number of hydrogen-bond acceptors (Lipinski definition) is 8. The Morgan fingerprint density at radius 1 is 0.923 bits per heavy atom. The normalized spacial score (nSPS) is 12.1. The van der Waals surface area contributed by atoms with Gasteiger partial charge in [0.25, 0.3) is 5.91 Å². The number of nitrogens with zero attached hydrogens (tertiary/aromatic N) is 3. The summed E-state index contributed by atoms with van der Waals surface area (Å²) in [6, 6.07) is 18.5. The molecule has 198 valence electrons. The fraction of sp³-hybridized carbons (Fsp3) is 0.143. The van der Waals surface area contributed by atoms with E-state index in [2.05, 4.69) is 25.8 Å². The Balaban J connectivity index is 1.84. The number of carbonyl (C=O) groups excluding carboxylic acids is 3. The number of ketones is 1. The molecule has 0 fully saturated rings. The van der Waals surface area contributed by atoms with Gasteiger partial charge in [-0.3, -0.25) is 15.0 Å². The number of esters is 1. The molecule has 0 radical (unpaired) electrons. The number of nitrogens with one attached hydrogen (secondary N) is 2. The van der Waals surface area contributed by atoms with E-state index in [1.165, 1.54) is 0 Å². The van der Waals surface area contributed by atoms with Crippen LogP contribution in [0.4, 0.5) is 11.4 Å². The highest BCUT2D eigenvalue weighted by Crippen LogP contribution is 2.27. The summed E-state index contributed by atoms with van der Waals surface area (Å²) in [5, 5.41) is 7.61. The van der Waals surface area contributed by atoms with Crippen LogP contribution in [-0.4, -0.2) is 40.4 Å². The first-order chi connectivity index (χ1) is 18.7. The highest BCUT2D eigenvalue weighted by atomic mass is 35.5. The Hall–Kier alpha value is -4.34. The largest absolute Gasteiger partial charge is 0.464 e. The molecule has 1 aromatic heterocycles. The molecule has 3 aromatic carbocycles. The summed E-state index contributed by atoms with van der Waals surface area (Å²) in [6.45, 7) is 3.34. The van der Waals surface area contributed by atoms with Crippen molar-refractivity contribution in [2.75, 3.05) is 17.9 Å². The number of rotatable bonds is 8. The highest BCUT2D eigenvalue weighted by Gasteiger charge is 2.39. The van der Waals surface area contributed by atoms with E-state index in [4.69, 9.17) is 27.9 Å². The first-order valence-electron chi connectivity index (χ1n) is 11.7. The second-order valence-electron chi connectivity index (χ2n) is 8.46. The maximum atomic E-state index is 13.8. The van der Waals surface area contributed by atoms with Gasteiger partial charge in [0.15, 0.2) is 5.71 Å². The second-order valence-corrected chi connectivity index (χ2v) is 9.30. The van der Waals surface area contributed by atoms with Gasteiger partial charge in [0.2, 0.25) is 5.78 Å². The molecular weight excluding hydrogens is 541 g/mol. The minimum absolute atomic E-state index is 0.0775. The molecule has 1 amide bonds. The third kappa shape index (κ3) is 6.22. The molecule has 0 aliphatic rings. The molecule has 0 aliphatic carbocycles. The van der Waals surface area contributed by atoms with E-state index in [0.29, 0.717) is 43.7 Å². The Morgan fingerprint density at radius 3 is 2.31 bits per heavy atom. The fourth-order valence-corrected chi connectivity index (χ4v) is 4.19. The van der Waals surface area contributed by atoms with Crippen molar-refractivity contribution in [3.8, 4) is 0 Å². The quantitative estimate of drug-likeness (QED) is 0.126. The van der Waals surface area contributed by atoms with Crippen LogP contribution in [0.15, 0.2) is 71.8 Å². The number of aromatic nitrogens is 2. The second kappa shape index (κ2) is 12.0. The van der Waals surface area contributed by atoms with Gasteiger partial charge in [-0.05, 0) is 61.9 Å². The Kier molecular flexibility index (Phi) is 8.53. The van der Waals surface area contributed by atoms with Gasteiger partial charge >= 0.3 is 5.97 Å². The van der Waals surface area contributed by atoms with Crippen molar-refractivity contribution < 1.29 is 19.1 Å². The lowest BCUT2D eigenvalue weighted by Gasteiger charge is -2.19. The van der Waals surface area contributed by atoms with Crippen molar-refractivity contribution in [2.24, 2.45) is 5.10 Å². The van der Waals surface area contributed by atoms with Crippen molar-refractivity contribution in [1.82, 2.24) is 9.97 Å². The zero-order valence-electron chi connectivity index (χ0n) is 21.2. The van der Waals surface area contributed by atoms with Gasteiger partial charge in [-0.2, -0.15) is 5.10 Å². The molecule has 9 nitrogen and oxygen atoms in total. The van der Waals surface area contributed by atoms with Gasteiger partial charge in [0.05, 0.1) is 35.2 Å². The minimum Gasteiger partial charge on any atom is -0.464 e. The smallest absolute Gasteiger partial charge is 0.355 e. The lowest BCUT2D eigenvalue weighted by atomic mass is 9.91. The number of benzene rings is 3. The van der Waals surface area contributed by atoms with E-state index in [-0.39, 0.29) is 5.69 Å². The van der Waals surface area contributed by atoms with Crippen LogP contribution in [0.3, 0.4) is 0 Å². The molecule has 11 heteroatoms. The average Bonchev–Trinajstić information content (AvgIpc) is 2.92. The van der Waals surface area contributed by atoms with Crippen molar-refractivity contribution >= 4 is 69.0 Å². The average molecular weight is 564 g/mol. The SMILES string of the molecule is COC(=O)/C(=N/Nc1cccc(Cl)c1)C(C(=O)C(=O)Nc1cccc(Cl)c1C)c1nc2ccccc2nc1C.